The van der Waals surface area contributed by atoms with Crippen molar-refractivity contribution in [1.29, 1.82) is 0 Å². The van der Waals surface area contributed by atoms with Gasteiger partial charge in [0.2, 0.25) is 0 Å². The summed E-state index contributed by atoms with van der Waals surface area (Å²) in [6.45, 7) is -0.126. The minimum atomic E-state index is -0.126. The number of phenols is 1. The molecule has 0 aliphatic carbocycles. The highest BCUT2D eigenvalue weighted by molar-refractivity contribution is 9.08. The maximum absolute atomic E-state index is 9.66. The first-order valence-electron chi connectivity index (χ1n) is 4.15. The molecule has 0 amide bonds. The Bertz CT molecular complexity index is 464. The molecule has 2 nitrogen and oxygen atoms in total. The number of hydrogen-bond donors (Lipinski definition) is 2. The van der Waals surface area contributed by atoms with E-state index in [0.717, 1.165) is 15.6 Å². The number of aromatic hydroxyl groups is 1. The summed E-state index contributed by atoms with van der Waals surface area (Å²) in [7, 11) is 0. The molecule has 2 N–H and O–H groups in total. The number of aliphatic hydroxyl groups is 1. The van der Waals surface area contributed by atoms with Crippen molar-refractivity contribution in [1.82, 2.24) is 0 Å². The Kier molecular flexibility index (Phi) is 2.76. The highest BCUT2D eigenvalue weighted by Gasteiger charge is 2.11. The predicted octanol–water partition coefficient (Wildman–Crippen LogP) is 2.99. The Balaban J connectivity index is 2.82. The number of halogens is 1. The first-order valence-corrected chi connectivity index (χ1v) is 6.15. The van der Waals surface area contributed by atoms with E-state index in [1.54, 1.807) is 17.4 Å². The van der Waals surface area contributed by atoms with Gasteiger partial charge in [-0.15, -0.1) is 11.3 Å². The third-order valence-electron chi connectivity index (χ3n) is 2.25. The van der Waals surface area contributed by atoms with Crippen LogP contribution in [0, 0.1) is 0 Å². The molecule has 1 aromatic heterocycles. The molecule has 0 unspecified atom stereocenters. The molecule has 0 aliphatic rings. The molecular weight excluding hydrogens is 264 g/mol. The van der Waals surface area contributed by atoms with Crippen molar-refractivity contribution in [2.24, 2.45) is 0 Å². The van der Waals surface area contributed by atoms with Crippen LogP contribution in [0.5, 0.6) is 5.75 Å². The third-order valence-corrected chi connectivity index (χ3v) is 3.68. The van der Waals surface area contributed by atoms with E-state index in [2.05, 4.69) is 15.9 Å². The van der Waals surface area contributed by atoms with E-state index in [1.807, 2.05) is 11.4 Å². The van der Waals surface area contributed by atoms with Crippen molar-refractivity contribution in [3.05, 3.63) is 28.6 Å². The van der Waals surface area contributed by atoms with Crippen LogP contribution >= 0.6 is 27.3 Å². The molecule has 0 aliphatic heterocycles. The molecule has 0 spiro atoms. The zero-order chi connectivity index (χ0) is 10.1. The minimum absolute atomic E-state index is 0.126. The molecule has 0 fully saturated rings. The van der Waals surface area contributed by atoms with Gasteiger partial charge in [0.1, 0.15) is 5.75 Å². The summed E-state index contributed by atoms with van der Waals surface area (Å²) in [4.78, 5) is 0. The quantitative estimate of drug-likeness (QED) is 0.826. The van der Waals surface area contributed by atoms with Crippen LogP contribution in [0.25, 0.3) is 10.1 Å². The largest absolute Gasteiger partial charge is 0.508 e. The lowest BCUT2D eigenvalue weighted by Crippen LogP contribution is -1.92. The lowest BCUT2D eigenvalue weighted by Gasteiger charge is -2.08. The molecule has 0 radical (unpaired) electrons. The van der Waals surface area contributed by atoms with E-state index >= 15 is 0 Å². The molecule has 0 bridgehead atoms. The van der Waals surface area contributed by atoms with Gasteiger partial charge >= 0.3 is 0 Å². The number of fused-ring (bicyclic) bond motifs is 1. The van der Waals surface area contributed by atoms with Gasteiger partial charge in [-0.05, 0) is 28.5 Å². The van der Waals surface area contributed by atoms with Crippen molar-refractivity contribution < 1.29 is 10.2 Å². The average molecular weight is 273 g/mol. The number of rotatable bonds is 2. The van der Waals surface area contributed by atoms with Gasteiger partial charge in [0, 0.05) is 15.6 Å². The molecular formula is C10H9BrO2S. The number of benzene rings is 1. The first kappa shape index (κ1) is 9.96. The number of alkyl halides is 1. The fraction of sp³-hybridized carbons (Fsp3) is 0.200. The Morgan fingerprint density at radius 1 is 1.36 bits per heavy atom. The van der Waals surface area contributed by atoms with E-state index in [-0.39, 0.29) is 12.4 Å². The van der Waals surface area contributed by atoms with Gasteiger partial charge in [0.25, 0.3) is 0 Å². The van der Waals surface area contributed by atoms with Crippen LogP contribution < -0.4 is 0 Å². The fourth-order valence-corrected chi connectivity index (χ4v) is 3.03. The van der Waals surface area contributed by atoms with Gasteiger partial charge in [-0.1, -0.05) is 15.9 Å². The van der Waals surface area contributed by atoms with E-state index in [4.69, 9.17) is 5.11 Å². The summed E-state index contributed by atoms with van der Waals surface area (Å²) in [5.41, 5.74) is 1.59. The standard InChI is InChI=1S/C10H9BrO2S/c11-4-7-6-1-2-14-10(6)3-9(13)8(7)5-12/h1-3,12-13H,4-5H2. The zero-order valence-corrected chi connectivity index (χ0v) is 9.73. The first-order chi connectivity index (χ1) is 6.77. The Hall–Kier alpha value is -0.580. The van der Waals surface area contributed by atoms with E-state index in [0.29, 0.717) is 10.9 Å². The van der Waals surface area contributed by atoms with Gasteiger partial charge in [-0.25, -0.2) is 0 Å². The van der Waals surface area contributed by atoms with Crippen LogP contribution in [-0.2, 0) is 11.9 Å². The van der Waals surface area contributed by atoms with Gasteiger partial charge in [0.05, 0.1) is 6.61 Å². The van der Waals surface area contributed by atoms with Crippen LogP contribution in [0.15, 0.2) is 17.5 Å². The summed E-state index contributed by atoms with van der Waals surface area (Å²) < 4.78 is 1.05. The zero-order valence-electron chi connectivity index (χ0n) is 7.33. The molecule has 1 aromatic carbocycles. The van der Waals surface area contributed by atoms with Crippen molar-refractivity contribution in [2.75, 3.05) is 0 Å². The van der Waals surface area contributed by atoms with Crippen LogP contribution in [0.1, 0.15) is 11.1 Å². The fourth-order valence-electron chi connectivity index (χ4n) is 1.54. The Morgan fingerprint density at radius 2 is 2.14 bits per heavy atom. The molecule has 4 heteroatoms. The smallest absolute Gasteiger partial charge is 0.122 e. The van der Waals surface area contributed by atoms with E-state index in [1.165, 1.54) is 0 Å². The predicted molar refractivity (Wildman–Crippen MR) is 62.0 cm³/mol. The summed E-state index contributed by atoms with van der Waals surface area (Å²) in [6.07, 6.45) is 0. The van der Waals surface area contributed by atoms with Crippen molar-refractivity contribution in [3.63, 3.8) is 0 Å². The number of aliphatic hydroxyl groups excluding tert-OH is 1. The topological polar surface area (TPSA) is 40.5 Å². The van der Waals surface area contributed by atoms with Gasteiger partial charge < -0.3 is 10.2 Å². The highest BCUT2D eigenvalue weighted by Crippen LogP contribution is 2.34. The average Bonchev–Trinajstić information content (AvgIpc) is 2.62. The van der Waals surface area contributed by atoms with Crippen LogP contribution in [0.4, 0.5) is 0 Å². The van der Waals surface area contributed by atoms with Crippen LogP contribution in [0.2, 0.25) is 0 Å². The van der Waals surface area contributed by atoms with Crippen molar-refractivity contribution in [3.8, 4) is 5.75 Å². The molecule has 2 aromatic rings. The monoisotopic (exact) mass is 272 g/mol. The summed E-state index contributed by atoms with van der Waals surface area (Å²) in [6, 6.07) is 3.72. The van der Waals surface area contributed by atoms with Gasteiger partial charge in [-0.2, -0.15) is 0 Å². The molecule has 1 heterocycles. The minimum Gasteiger partial charge on any atom is -0.508 e. The summed E-state index contributed by atoms with van der Waals surface area (Å²) in [5.74, 6) is 0.178. The second-order valence-electron chi connectivity index (χ2n) is 2.98. The maximum atomic E-state index is 9.66. The normalized spacial score (nSPS) is 11.0. The number of thiophene rings is 1. The summed E-state index contributed by atoms with van der Waals surface area (Å²) >= 11 is 4.96. The van der Waals surface area contributed by atoms with Gasteiger partial charge in [-0.3, -0.25) is 0 Å². The van der Waals surface area contributed by atoms with Crippen molar-refractivity contribution in [2.45, 2.75) is 11.9 Å². The molecule has 0 saturated heterocycles. The second-order valence-corrected chi connectivity index (χ2v) is 4.49. The molecule has 74 valence electrons. The molecule has 14 heavy (non-hydrogen) atoms. The second kappa shape index (κ2) is 3.88. The lowest BCUT2D eigenvalue weighted by molar-refractivity contribution is 0.275. The number of hydrogen-bond acceptors (Lipinski definition) is 3. The van der Waals surface area contributed by atoms with Gasteiger partial charge in [0.15, 0.2) is 0 Å². The molecule has 2 rings (SSSR count). The molecule has 0 saturated carbocycles. The highest BCUT2D eigenvalue weighted by atomic mass is 79.9. The lowest BCUT2D eigenvalue weighted by atomic mass is 10.0. The third kappa shape index (κ3) is 1.43. The van der Waals surface area contributed by atoms with E-state index in [9.17, 15) is 5.11 Å². The van der Waals surface area contributed by atoms with Crippen LogP contribution in [-0.4, -0.2) is 10.2 Å². The summed E-state index contributed by atoms with van der Waals surface area (Å²) in [5, 5.41) is 22.5. The maximum Gasteiger partial charge on any atom is 0.122 e. The Morgan fingerprint density at radius 3 is 2.79 bits per heavy atom. The SMILES string of the molecule is OCc1c(O)cc2sccc2c1CBr. The Labute approximate surface area is 93.9 Å². The van der Waals surface area contributed by atoms with Crippen LogP contribution in [0.3, 0.4) is 0 Å². The molecule has 0 atom stereocenters. The van der Waals surface area contributed by atoms with Crippen molar-refractivity contribution >= 4 is 37.4 Å². The van der Waals surface area contributed by atoms with E-state index < -0.39 is 0 Å².